The van der Waals surface area contributed by atoms with E-state index < -0.39 is 0 Å². The fourth-order valence-electron chi connectivity index (χ4n) is 2.91. The molecule has 4 nitrogen and oxygen atoms in total. The smallest absolute Gasteiger partial charge is 0.248 e. The van der Waals surface area contributed by atoms with E-state index in [1.54, 1.807) is 0 Å². The average Bonchev–Trinajstić information content (AvgIpc) is 2.78. The minimum absolute atomic E-state index is 0.0870. The SMILES string of the molecule is O=C(CO)N1CCCC1C1CCNCC1. The average molecular weight is 212 g/mol. The third kappa shape index (κ3) is 2.32. The molecule has 0 radical (unpaired) electrons. The monoisotopic (exact) mass is 212 g/mol. The van der Waals surface area contributed by atoms with Crippen LogP contribution in [0.5, 0.6) is 0 Å². The topological polar surface area (TPSA) is 52.6 Å². The highest BCUT2D eigenvalue weighted by Gasteiger charge is 2.34. The predicted octanol–water partition coefficient (Wildman–Crippen LogP) is -0.0307. The van der Waals surface area contributed by atoms with E-state index >= 15 is 0 Å². The van der Waals surface area contributed by atoms with Crippen LogP contribution in [0.25, 0.3) is 0 Å². The van der Waals surface area contributed by atoms with Gasteiger partial charge in [0, 0.05) is 12.6 Å². The molecule has 4 heteroatoms. The first kappa shape index (κ1) is 10.9. The van der Waals surface area contributed by atoms with Crippen LogP contribution >= 0.6 is 0 Å². The molecule has 0 saturated carbocycles. The zero-order valence-electron chi connectivity index (χ0n) is 9.11. The summed E-state index contributed by atoms with van der Waals surface area (Å²) in [4.78, 5) is 13.4. The molecular weight excluding hydrogens is 192 g/mol. The van der Waals surface area contributed by atoms with Crippen LogP contribution in [0.1, 0.15) is 25.7 Å². The lowest BCUT2D eigenvalue weighted by atomic mass is 9.89. The van der Waals surface area contributed by atoms with Gasteiger partial charge in [0.1, 0.15) is 6.61 Å². The van der Waals surface area contributed by atoms with Crippen molar-refractivity contribution in [2.45, 2.75) is 31.7 Å². The summed E-state index contributed by atoms with van der Waals surface area (Å²) in [5.41, 5.74) is 0. The fraction of sp³-hybridized carbons (Fsp3) is 0.909. The molecule has 2 N–H and O–H groups in total. The number of nitrogens with zero attached hydrogens (tertiary/aromatic N) is 1. The highest BCUT2D eigenvalue weighted by Crippen LogP contribution is 2.29. The molecule has 86 valence electrons. The molecular formula is C11H20N2O2. The van der Waals surface area contributed by atoms with Crippen molar-refractivity contribution in [1.82, 2.24) is 10.2 Å². The molecule has 0 aliphatic carbocycles. The van der Waals surface area contributed by atoms with Crippen molar-refractivity contribution in [2.24, 2.45) is 5.92 Å². The van der Waals surface area contributed by atoms with Crippen molar-refractivity contribution in [3.63, 3.8) is 0 Å². The molecule has 2 saturated heterocycles. The van der Waals surface area contributed by atoms with Gasteiger partial charge in [0.05, 0.1) is 0 Å². The van der Waals surface area contributed by atoms with E-state index in [0.29, 0.717) is 12.0 Å². The van der Waals surface area contributed by atoms with E-state index in [1.165, 1.54) is 12.8 Å². The molecule has 0 bridgehead atoms. The van der Waals surface area contributed by atoms with E-state index in [-0.39, 0.29) is 12.5 Å². The van der Waals surface area contributed by atoms with Crippen LogP contribution in [0.4, 0.5) is 0 Å². The predicted molar refractivity (Wildman–Crippen MR) is 57.4 cm³/mol. The highest BCUT2D eigenvalue weighted by molar-refractivity contribution is 5.77. The Balaban J connectivity index is 1.97. The van der Waals surface area contributed by atoms with E-state index in [9.17, 15) is 4.79 Å². The Labute approximate surface area is 90.6 Å². The molecule has 15 heavy (non-hydrogen) atoms. The van der Waals surface area contributed by atoms with Crippen LogP contribution in [-0.2, 0) is 4.79 Å². The van der Waals surface area contributed by atoms with Crippen LogP contribution in [0.3, 0.4) is 0 Å². The van der Waals surface area contributed by atoms with Crippen molar-refractivity contribution in [3.05, 3.63) is 0 Å². The van der Waals surface area contributed by atoms with Crippen molar-refractivity contribution < 1.29 is 9.90 Å². The fourth-order valence-corrected chi connectivity index (χ4v) is 2.91. The number of hydrogen-bond acceptors (Lipinski definition) is 3. The number of aliphatic hydroxyl groups excluding tert-OH is 1. The Kier molecular flexibility index (Phi) is 3.59. The lowest BCUT2D eigenvalue weighted by Crippen LogP contribution is -2.44. The van der Waals surface area contributed by atoms with Crippen LogP contribution in [0.15, 0.2) is 0 Å². The summed E-state index contributed by atoms with van der Waals surface area (Å²) >= 11 is 0. The molecule has 2 fully saturated rings. The Morgan fingerprint density at radius 1 is 1.33 bits per heavy atom. The third-order valence-corrected chi connectivity index (χ3v) is 3.68. The van der Waals surface area contributed by atoms with Gasteiger partial charge >= 0.3 is 0 Å². The number of hydrogen-bond donors (Lipinski definition) is 2. The Bertz CT molecular complexity index is 227. The van der Waals surface area contributed by atoms with Gasteiger partial charge in [-0.25, -0.2) is 0 Å². The van der Waals surface area contributed by atoms with Gasteiger partial charge in [0.15, 0.2) is 0 Å². The largest absolute Gasteiger partial charge is 0.387 e. The van der Waals surface area contributed by atoms with Gasteiger partial charge < -0.3 is 15.3 Å². The second kappa shape index (κ2) is 4.94. The second-order valence-electron chi connectivity index (χ2n) is 4.54. The standard InChI is InChI=1S/C11H20N2O2/c14-8-11(15)13-7-1-2-10(13)9-3-5-12-6-4-9/h9-10,12,14H,1-8H2. The van der Waals surface area contributed by atoms with Crippen molar-refractivity contribution in [2.75, 3.05) is 26.2 Å². The zero-order valence-corrected chi connectivity index (χ0v) is 9.11. The number of likely N-dealkylation sites (tertiary alicyclic amines) is 1. The molecule has 2 rings (SSSR count). The van der Waals surface area contributed by atoms with E-state index in [2.05, 4.69) is 5.32 Å². The lowest BCUT2D eigenvalue weighted by Gasteiger charge is -2.34. The maximum Gasteiger partial charge on any atom is 0.248 e. The van der Waals surface area contributed by atoms with Crippen molar-refractivity contribution in [1.29, 1.82) is 0 Å². The maximum atomic E-state index is 11.5. The summed E-state index contributed by atoms with van der Waals surface area (Å²) in [5, 5.41) is 12.3. The summed E-state index contributed by atoms with van der Waals surface area (Å²) in [7, 11) is 0. The maximum absolute atomic E-state index is 11.5. The van der Waals surface area contributed by atoms with Crippen molar-refractivity contribution >= 4 is 5.91 Å². The van der Waals surface area contributed by atoms with Crippen LogP contribution in [-0.4, -0.2) is 48.2 Å². The number of amides is 1. The first-order chi connectivity index (χ1) is 7.33. The number of piperidine rings is 1. The third-order valence-electron chi connectivity index (χ3n) is 3.68. The van der Waals surface area contributed by atoms with Crippen molar-refractivity contribution in [3.8, 4) is 0 Å². The Morgan fingerprint density at radius 3 is 2.73 bits per heavy atom. The normalized spacial score (nSPS) is 28.3. The van der Waals surface area contributed by atoms with Gasteiger partial charge in [-0.15, -0.1) is 0 Å². The summed E-state index contributed by atoms with van der Waals surface area (Å²) in [6, 6.07) is 0.395. The first-order valence-electron chi connectivity index (χ1n) is 5.94. The van der Waals surface area contributed by atoms with Gasteiger partial charge in [0.2, 0.25) is 5.91 Å². The highest BCUT2D eigenvalue weighted by atomic mass is 16.3. The van der Waals surface area contributed by atoms with E-state index in [4.69, 9.17) is 5.11 Å². The molecule has 2 aliphatic heterocycles. The number of carbonyl (C=O) groups excluding carboxylic acids is 1. The summed E-state index contributed by atoms with van der Waals surface area (Å²) in [5.74, 6) is 0.556. The lowest BCUT2D eigenvalue weighted by molar-refractivity contribution is -0.136. The molecule has 2 heterocycles. The molecule has 0 aromatic carbocycles. The van der Waals surface area contributed by atoms with Crippen LogP contribution in [0, 0.1) is 5.92 Å². The molecule has 0 aromatic heterocycles. The van der Waals surface area contributed by atoms with Gasteiger partial charge in [-0.1, -0.05) is 0 Å². The van der Waals surface area contributed by atoms with E-state index in [1.807, 2.05) is 4.90 Å². The minimum Gasteiger partial charge on any atom is -0.387 e. The number of nitrogens with one attached hydrogen (secondary N) is 1. The quantitative estimate of drug-likeness (QED) is 0.676. The molecule has 0 aromatic rings. The Morgan fingerprint density at radius 2 is 2.07 bits per heavy atom. The molecule has 1 unspecified atom stereocenters. The second-order valence-corrected chi connectivity index (χ2v) is 4.54. The molecule has 1 amide bonds. The van der Waals surface area contributed by atoms with Gasteiger partial charge in [0.25, 0.3) is 0 Å². The van der Waals surface area contributed by atoms with E-state index in [0.717, 1.165) is 32.5 Å². The summed E-state index contributed by atoms with van der Waals surface area (Å²) in [6.07, 6.45) is 4.55. The first-order valence-corrected chi connectivity index (χ1v) is 5.94. The summed E-state index contributed by atoms with van der Waals surface area (Å²) in [6.45, 7) is 2.65. The summed E-state index contributed by atoms with van der Waals surface area (Å²) < 4.78 is 0. The zero-order chi connectivity index (χ0) is 10.7. The molecule has 0 spiro atoms. The van der Waals surface area contributed by atoms with Gasteiger partial charge in [-0.05, 0) is 44.7 Å². The number of aliphatic hydroxyl groups is 1. The van der Waals surface area contributed by atoms with Crippen LogP contribution < -0.4 is 5.32 Å². The van der Waals surface area contributed by atoms with Gasteiger partial charge in [-0.3, -0.25) is 4.79 Å². The molecule has 1 atom stereocenters. The van der Waals surface area contributed by atoms with Gasteiger partial charge in [-0.2, -0.15) is 0 Å². The Hall–Kier alpha value is -0.610. The van der Waals surface area contributed by atoms with Crippen LogP contribution in [0.2, 0.25) is 0 Å². The number of rotatable bonds is 2. The minimum atomic E-state index is -0.332. The number of carbonyl (C=O) groups is 1. The molecule has 2 aliphatic rings.